The molecule has 2 aliphatic heterocycles. The van der Waals surface area contributed by atoms with Gasteiger partial charge < -0.3 is 19.7 Å². The van der Waals surface area contributed by atoms with E-state index in [1.54, 1.807) is 4.90 Å². The fourth-order valence-electron chi connectivity index (χ4n) is 6.16. The lowest BCUT2D eigenvalue weighted by Crippen LogP contribution is -2.52. The van der Waals surface area contributed by atoms with E-state index >= 15 is 0 Å². The molecule has 3 amide bonds. The Bertz CT molecular complexity index is 958. The minimum absolute atomic E-state index is 0.112. The Hall–Kier alpha value is -2.45. The Balaban J connectivity index is 1.19. The number of carbonyl (C=O) groups is 3. The van der Waals surface area contributed by atoms with Crippen LogP contribution in [0.4, 0.5) is 0 Å². The molecule has 3 fully saturated rings. The number of piperidine rings is 1. The smallest absolute Gasteiger partial charge is 0.255 e. The fourth-order valence-corrected chi connectivity index (χ4v) is 6.16. The van der Waals surface area contributed by atoms with Crippen molar-refractivity contribution < 1.29 is 23.9 Å². The Kier molecular flexibility index (Phi) is 7.39. The highest BCUT2D eigenvalue weighted by atomic mass is 16.5. The summed E-state index contributed by atoms with van der Waals surface area (Å²) < 4.78 is 12.0. The molecule has 3 atom stereocenters. The number of amides is 3. The molecule has 2 saturated carbocycles. The Morgan fingerprint density at radius 3 is 2.60 bits per heavy atom. The number of imide groups is 1. The second-order valence-corrected chi connectivity index (χ2v) is 10.6. The number of hydrogen-bond acceptors (Lipinski definition) is 6. The van der Waals surface area contributed by atoms with Crippen molar-refractivity contribution in [2.45, 2.75) is 95.0 Å². The van der Waals surface area contributed by atoms with Crippen LogP contribution in [0.5, 0.6) is 5.75 Å². The zero-order chi connectivity index (χ0) is 24.4. The van der Waals surface area contributed by atoms with E-state index in [1.807, 2.05) is 25.3 Å². The number of nitrogens with one attached hydrogen (secondary N) is 2. The lowest BCUT2D eigenvalue weighted by atomic mass is 9.86. The van der Waals surface area contributed by atoms with E-state index in [1.165, 1.54) is 19.3 Å². The van der Waals surface area contributed by atoms with Gasteiger partial charge in [0.1, 0.15) is 17.9 Å². The van der Waals surface area contributed by atoms with Crippen LogP contribution in [0.2, 0.25) is 0 Å². The molecule has 35 heavy (non-hydrogen) atoms. The van der Waals surface area contributed by atoms with Crippen LogP contribution in [-0.4, -0.2) is 60.6 Å². The van der Waals surface area contributed by atoms with Crippen LogP contribution in [0.1, 0.15) is 80.1 Å². The summed E-state index contributed by atoms with van der Waals surface area (Å²) in [5, 5.41) is 6.17. The van der Waals surface area contributed by atoms with E-state index in [9.17, 15) is 14.4 Å². The summed E-state index contributed by atoms with van der Waals surface area (Å²) >= 11 is 0. The standard InChI is InChI=1S/C27H37N3O5/c1-34-19-8-6-17(7-9-19)15-28-22-4-2-3-5-24(22)35-20-10-11-21-18(14-20)16-30(27(21)33)23-12-13-25(31)29-26(23)32/h10-11,14,17,19,22-24,28H,2-9,12-13,15-16H2,1H3,(H,29,31,32)/t17?,19?,22-,23?,24+/m1/s1. The van der Waals surface area contributed by atoms with Crippen molar-refractivity contribution >= 4 is 17.7 Å². The maximum atomic E-state index is 13.0. The lowest BCUT2D eigenvalue weighted by Gasteiger charge is -2.35. The molecule has 5 rings (SSSR count). The SMILES string of the molecule is COC1CCC(CN[C@@H]2CCCC[C@@H]2Oc2ccc3c(c2)CN(C2CCC(=O)NC2=O)C3=O)CC1. The van der Waals surface area contributed by atoms with Crippen LogP contribution in [0.3, 0.4) is 0 Å². The van der Waals surface area contributed by atoms with Crippen molar-refractivity contribution in [3.8, 4) is 5.75 Å². The molecule has 1 aromatic rings. The zero-order valence-electron chi connectivity index (χ0n) is 20.6. The maximum absolute atomic E-state index is 13.0. The van der Waals surface area contributed by atoms with E-state index < -0.39 is 6.04 Å². The van der Waals surface area contributed by atoms with Gasteiger partial charge in [-0.15, -0.1) is 0 Å². The fraction of sp³-hybridized carbons (Fsp3) is 0.667. The molecule has 0 spiro atoms. The summed E-state index contributed by atoms with van der Waals surface area (Å²) in [4.78, 5) is 38.3. The molecular formula is C27H37N3O5. The molecule has 4 aliphatic rings. The van der Waals surface area contributed by atoms with Crippen LogP contribution in [0, 0.1) is 5.92 Å². The van der Waals surface area contributed by atoms with Gasteiger partial charge in [-0.1, -0.05) is 6.42 Å². The third kappa shape index (κ3) is 5.38. The molecule has 8 nitrogen and oxygen atoms in total. The first-order valence-corrected chi connectivity index (χ1v) is 13.2. The van der Waals surface area contributed by atoms with Gasteiger partial charge in [0.2, 0.25) is 11.8 Å². The number of fused-ring (bicyclic) bond motifs is 1. The van der Waals surface area contributed by atoms with Crippen molar-refractivity contribution in [3.63, 3.8) is 0 Å². The first-order valence-electron chi connectivity index (χ1n) is 13.2. The molecule has 1 aromatic carbocycles. The van der Waals surface area contributed by atoms with Crippen molar-refractivity contribution in [2.24, 2.45) is 5.92 Å². The van der Waals surface area contributed by atoms with Crippen LogP contribution >= 0.6 is 0 Å². The number of carbonyl (C=O) groups excluding carboxylic acids is 3. The average molecular weight is 484 g/mol. The third-order valence-electron chi connectivity index (χ3n) is 8.28. The van der Waals surface area contributed by atoms with Crippen molar-refractivity contribution in [3.05, 3.63) is 29.3 Å². The first-order chi connectivity index (χ1) is 17.0. The molecule has 1 saturated heterocycles. The van der Waals surface area contributed by atoms with Gasteiger partial charge in [-0.2, -0.15) is 0 Å². The van der Waals surface area contributed by atoms with E-state index in [0.29, 0.717) is 36.6 Å². The van der Waals surface area contributed by atoms with Crippen LogP contribution < -0.4 is 15.4 Å². The van der Waals surface area contributed by atoms with Gasteiger partial charge in [-0.3, -0.25) is 19.7 Å². The van der Waals surface area contributed by atoms with E-state index in [-0.39, 0.29) is 30.2 Å². The molecule has 2 N–H and O–H groups in total. The first kappa shape index (κ1) is 24.3. The zero-order valence-corrected chi connectivity index (χ0v) is 20.6. The minimum Gasteiger partial charge on any atom is -0.489 e. The molecule has 2 aliphatic carbocycles. The molecule has 0 aromatic heterocycles. The maximum Gasteiger partial charge on any atom is 0.255 e. The number of hydrogen-bond donors (Lipinski definition) is 2. The highest BCUT2D eigenvalue weighted by Gasteiger charge is 2.39. The summed E-state index contributed by atoms with van der Waals surface area (Å²) in [6, 6.07) is 5.39. The van der Waals surface area contributed by atoms with Crippen molar-refractivity contribution in [1.82, 2.24) is 15.5 Å². The molecule has 2 heterocycles. The highest BCUT2D eigenvalue weighted by molar-refractivity contribution is 6.05. The second kappa shape index (κ2) is 10.7. The molecular weight excluding hydrogens is 446 g/mol. The van der Waals surface area contributed by atoms with E-state index in [0.717, 1.165) is 50.0 Å². The summed E-state index contributed by atoms with van der Waals surface area (Å²) in [5.74, 6) is 0.672. The molecule has 1 unspecified atom stereocenters. The van der Waals surface area contributed by atoms with E-state index in [2.05, 4.69) is 10.6 Å². The van der Waals surface area contributed by atoms with Crippen molar-refractivity contribution in [2.75, 3.05) is 13.7 Å². The third-order valence-corrected chi connectivity index (χ3v) is 8.28. The monoisotopic (exact) mass is 483 g/mol. The van der Waals surface area contributed by atoms with Gasteiger partial charge in [-0.05, 0) is 87.6 Å². The topological polar surface area (TPSA) is 97.0 Å². The Morgan fingerprint density at radius 1 is 1.03 bits per heavy atom. The highest BCUT2D eigenvalue weighted by Crippen LogP contribution is 2.32. The van der Waals surface area contributed by atoms with Crippen molar-refractivity contribution in [1.29, 1.82) is 0 Å². The van der Waals surface area contributed by atoms with E-state index in [4.69, 9.17) is 9.47 Å². The average Bonchev–Trinajstić information content (AvgIpc) is 3.19. The number of ether oxygens (including phenoxy) is 2. The predicted octanol–water partition coefficient (Wildman–Crippen LogP) is 2.93. The van der Waals surface area contributed by atoms with Gasteiger partial charge in [0.15, 0.2) is 0 Å². The van der Waals surface area contributed by atoms with Gasteiger partial charge >= 0.3 is 0 Å². The lowest BCUT2D eigenvalue weighted by molar-refractivity contribution is -0.136. The van der Waals surface area contributed by atoms with Gasteiger partial charge in [-0.25, -0.2) is 0 Å². The molecule has 190 valence electrons. The largest absolute Gasteiger partial charge is 0.489 e. The quantitative estimate of drug-likeness (QED) is 0.579. The number of nitrogens with zero attached hydrogens (tertiary/aromatic N) is 1. The number of rotatable bonds is 7. The summed E-state index contributed by atoms with van der Waals surface area (Å²) in [6.07, 6.45) is 10.4. The molecule has 0 bridgehead atoms. The summed E-state index contributed by atoms with van der Waals surface area (Å²) in [5.41, 5.74) is 1.50. The number of benzene rings is 1. The number of methoxy groups -OCH3 is 1. The van der Waals surface area contributed by atoms with Gasteiger partial charge in [0.05, 0.1) is 6.10 Å². The van der Waals surface area contributed by atoms with Crippen LogP contribution in [0.25, 0.3) is 0 Å². The minimum atomic E-state index is -0.595. The van der Waals surface area contributed by atoms with Gasteiger partial charge in [0, 0.05) is 31.7 Å². The predicted molar refractivity (Wildman–Crippen MR) is 130 cm³/mol. The summed E-state index contributed by atoms with van der Waals surface area (Å²) in [7, 11) is 1.81. The Morgan fingerprint density at radius 2 is 1.83 bits per heavy atom. The molecule has 0 radical (unpaired) electrons. The van der Waals surface area contributed by atoms with Gasteiger partial charge in [0.25, 0.3) is 5.91 Å². The Labute approximate surface area is 207 Å². The normalized spacial score (nSPS) is 31.3. The van der Waals surface area contributed by atoms with Crippen LogP contribution in [0.15, 0.2) is 18.2 Å². The second-order valence-electron chi connectivity index (χ2n) is 10.6. The molecule has 8 heteroatoms. The van der Waals surface area contributed by atoms with Crippen LogP contribution in [-0.2, 0) is 20.9 Å². The summed E-state index contributed by atoms with van der Waals surface area (Å²) in [6.45, 7) is 1.40.